The molecule has 5 heteroatoms. The topological polar surface area (TPSA) is 37.3 Å². The zero-order chi connectivity index (χ0) is 16.5. The van der Waals surface area contributed by atoms with Crippen molar-refractivity contribution in [2.45, 2.75) is 49.8 Å². The number of hydrogen-bond donors (Lipinski definition) is 1. The van der Waals surface area contributed by atoms with Gasteiger partial charge in [0.05, 0.1) is 13.8 Å². The molecular formula is C18H19Br3O2. The van der Waals surface area contributed by atoms with Crippen molar-refractivity contribution in [2.24, 2.45) is 17.3 Å². The molecule has 1 unspecified atom stereocenters. The molecule has 2 fully saturated rings. The fourth-order valence-corrected chi connectivity index (χ4v) is 7.66. The maximum absolute atomic E-state index is 12.6. The van der Waals surface area contributed by atoms with Crippen LogP contribution in [0.2, 0.25) is 0 Å². The number of hydrogen-bond acceptors (Lipinski definition) is 2. The predicted molar refractivity (Wildman–Crippen MR) is 101 cm³/mol. The number of phenolic OH excluding ortho intramolecular Hbond substituents is 1. The first-order valence-electron chi connectivity index (χ1n) is 8.22. The van der Waals surface area contributed by atoms with E-state index in [1.54, 1.807) is 0 Å². The Morgan fingerprint density at radius 1 is 1.30 bits per heavy atom. The van der Waals surface area contributed by atoms with Gasteiger partial charge in [-0.15, -0.1) is 0 Å². The Morgan fingerprint density at radius 2 is 2.04 bits per heavy atom. The summed E-state index contributed by atoms with van der Waals surface area (Å²) in [6.45, 7) is 2.19. The van der Waals surface area contributed by atoms with Gasteiger partial charge in [0.15, 0.2) is 5.78 Å². The van der Waals surface area contributed by atoms with E-state index in [1.165, 1.54) is 11.1 Å². The Bertz CT molecular complexity index is 702. The van der Waals surface area contributed by atoms with E-state index in [-0.39, 0.29) is 10.2 Å². The van der Waals surface area contributed by atoms with Gasteiger partial charge < -0.3 is 5.11 Å². The van der Waals surface area contributed by atoms with E-state index in [9.17, 15) is 9.90 Å². The summed E-state index contributed by atoms with van der Waals surface area (Å²) in [5.41, 5.74) is 2.48. The monoisotopic (exact) mass is 504 g/mol. The Morgan fingerprint density at radius 3 is 2.78 bits per heavy atom. The summed E-state index contributed by atoms with van der Waals surface area (Å²) in [7, 11) is 0. The van der Waals surface area contributed by atoms with Gasteiger partial charge in [-0.25, -0.2) is 0 Å². The van der Waals surface area contributed by atoms with Gasteiger partial charge in [0.1, 0.15) is 5.75 Å². The van der Waals surface area contributed by atoms with Crippen LogP contribution in [0.1, 0.15) is 49.7 Å². The molecule has 2 saturated carbocycles. The largest absolute Gasteiger partial charge is 0.506 e. The van der Waals surface area contributed by atoms with E-state index >= 15 is 0 Å². The van der Waals surface area contributed by atoms with Crippen molar-refractivity contribution in [2.75, 3.05) is 0 Å². The first kappa shape index (κ1) is 16.6. The van der Waals surface area contributed by atoms with Crippen LogP contribution in [0.5, 0.6) is 5.75 Å². The number of fused-ring (bicyclic) bond motifs is 5. The smallest absolute Gasteiger partial charge is 0.152 e. The third-order valence-electron chi connectivity index (χ3n) is 6.59. The number of carbonyl (C=O) groups is 1. The van der Waals surface area contributed by atoms with Gasteiger partial charge in [0, 0.05) is 5.41 Å². The van der Waals surface area contributed by atoms with Crippen LogP contribution in [-0.2, 0) is 11.2 Å². The van der Waals surface area contributed by atoms with Crippen LogP contribution in [0.3, 0.4) is 0 Å². The molecule has 2 nitrogen and oxygen atoms in total. The molecule has 0 spiro atoms. The predicted octanol–water partition coefficient (Wildman–Crippen LogP) is 5.72. The molecule has 0 aromatic heterocycles. The minimum Gasteiger partial charge on any atom is -0.506 e. The summed E-state index contributed by atoms with van der Waals surface area (Å²) in [6.07, 6.45) is 5.12. The molecule has 0 radical (unpaired) electrons. The van der Waals surface area contributed by atoms with Crippen molar-refractivity contribution < 1.29 is 9.90 Å². The fourth-order valence-electron chi connectivity index (χ4n) is 5.39. The Balaban J connectivity index is 1.77. The Hall–Kier alpha value is 0.130. The number of halogens is 3. The van der Waals surface area contributed by atoms with Crippen LogP contribution in [0, 0.1) is 17.3 Å². The minimum atomic E-state index is -0.141. The number of aromatic hydroxyl groups is 1. The quantitative estimate of drug-likeness (QED) is 0.457. The molecule has 3 aliphatic carbocycles. The maximum atomic E-state index is 12.6. The van der Waals surface area contributed by atoms with Gasteiger partial charge in [-0.2, -0.15) is 0 Å². The molecule has 0 heterocycles. The molecule has 0 aliphatic heterocycles. The van der Waals surface area contributed by atoms with Crippen molar-refractivity contribution in [3.05, 3.63) is 26.1 Å². The Kier molecular flexibility index (Phi) is 4.02. The van der Waals surface area contributed by atoms with E-state index in [0.29, 0.717) is 29.3 Å². The summed E-state index contributed by atoms with van der Waals surface area (Å²) in [5, 5.41) is 10.2. The lowest BCUT2D eigenvalue weighted by Crippen LogP contribution is -2.42. The molecule has 4 rings (SSSR count). The summed E-state index contributed by atoms with van der Waals surface area (Å²) in [4.78, 5) is 12.7. The van der Waals surface area contributed by atoms with E-state index in [2.05, 4.69) is 60.8 Å². The number of benzene rings is 1. The number of rotatable bonds is 0. The summed E-state index contributed by atoms with van der Waals surface area (Å²) < 4.78 is 1.60. The van der Waals surface area contributed by atoms with Gasteiger partial charge in [0.25, 0.3) is 0 Å². The van der Waals surface area contributed by atoms with E-state index < -0.39 is 0 Å². The van der Waals surface area contributed by atoms with Gasteiger partial charge in [-0.05, 0) is 98.9 Å². The van der Waals surface area contributed by atoms with Crippen molar-refractivity contribution in [1.29, 1.82) is 0 Å². The highest BCUT2D eigenvalue weighted by Crippen LogP contribution is 2.61. The molecule has 1 aromatic carbocycles. The van der Waals surface area contributed by atoms with Crippen LogP contribution in [0.4, 0.5) is 0 Å². The molecule has 124 valence electrons. The van der Waals surface area contributed by atoms with Crippen LogP contribution in [0.15, 0.2) is 15.0 Å². The van der Waals surface area contributed by atoms with Crippen molar-refractivity contribution >= 4 is 53.6 Å². The van der Waals surface area contributed by atoms with E-state index in [0.717, 1.165) is 41.0 Å². The Labute approximate surface area is 161 Å². The highest BCUT2D eigenvalue weighted by molar-refractivity contribution is 9.11. The fraction of sp³-hybridized carbons (Fsp3) is 0.611. The second-order valence-corrected chi connectivity index (χ2v) is 10.3. The third-order valence-corrected chi connectivity index (χ3v) is 8.84. The zero-order valence-electron chi connectivity index (χ0n) is 12.9. The molecule has 0 bridgehead atoms. The second-order valence-electron chi connectivity index (χ2n) is 7.53. The van der Waals surface area contributed by atoms with Gasteiger partial charge in [0.2, 0.25) is 0 Å². The number of carbonyl (C=O) groups excluding carboxylic acids is 1. The van der Waals surface area contributed by atoms with E-state index in [1.807, 2.05) is 0 Å². The zero-order valence-corrected chi connectivity index (χ0v) is 17.7. The first-order chi connectivity index (χ1) is 10.8. The number of ketones is 1. The number of phenols is 1. The SMILES string of the molecule is C[C@]12CC[C@@H]3c4cc(Br)c(O)c(Br)c4CC[C@@H]3[C@@H]1CC(Br)C2=O. The molecule has 0 saturated heterocycles. The lowest BCUT2D eigenvalue weighted by atomic mass is 9.55. The number of Topliss-reactive ketones (excluding diaryl/α,β-unsaturated/α-hetero) is 1. The molecule has 23 heavy (non-hydrogen) atoms. The average Bonchev–Trinajstić information content (AvgIpc) is 2.76. The molecule has 0 amide bonds. The lowest BCUT2D eigenvalue weighted by molar-refractivity contribution is -0.128. The molecule has 5 atom stereocenters. The average molecular weight is 507 g/mol. The summed E-state index contributed by atoms with van der Waals surface area (Å²) in [6, 6.07) is 2.11. The number of alkyl halides is 1. The van der Waals surface area contributed by atoms with Crippen LogP contribution in [0.25, 0.3) is 0 Å². The van der Waals surface area contributed by atoms with Gasteiger partial charge in [-0.1, -0.05) is 22.9 Å². The maximum Gasteiger partial charge on any atom is 0.152 e. The third kappa shape index (κ3) is 2.25. The molecule has 1 aromatic rings. The second kappa shape index (κ2) is 5.57. The lowest BCUT2D eigenvalue weighted by Gasteiger charge is -2.48. The highest BCUT2D eigenvalue weighted by atomic mass is 79.9. The molecular weight excluding hydrogens is 488 g/mol. The highest BCUT2D eigenvalue weighted by Gasteiger charge is 2.57. The first-order valence-corrected chi connectivity index (χ1v) is 10.7. The van der Waals surface area contributed by atoms with Crippen LogP contribution < -0.4 is 0 Å². The van der Waals surface area contributed by atoms with Crippen LogP contribution >= 0.6 is 47.8 Å². The summed E-state index contributed by atoms with van der Waals surface area (Å²) >= 11 is 10.7. The molecule has 1 N–H and O–H groups in total. The van der Waals surface area contributed by atoms with Crippen molar-refractivity contribution in [3.8, 4) is 5.75 Å². The van der Waals surface area contributed by atoms with Crippen molar-refractivity contribution in [3.63, 3.8) is 0 Å². The normalized spacial score (nSPS) is 38.9. The van der Waals surface area contributed by atoms with Gasteiger partial charge >= 0.3 is 0 Å². The minimum absolute atomic E-state index is 0.0379. The standard InChI is InChI=1S/C18H19Br3O2/c1-18-5-4-8-9(12(18)7-14(20)17(18)23)2-3-10-11(8)6-13(19)16(22)15(10)21/h6,8-9,12,14,22H,2-5,7H2,1H3/t8-,9-,12-,14?,18-/m0/s1. The molecule has 3 aliphatic rings. The van der Waals surface area contributed by atoms with Crippen molar-refractivity contribution in [1.82, 2.24) is 0 Å². The van der Waals surface area contributed by atoms with Crippen LogP contribution in [-0.4, -0.2) is 15.7 Å². The summed E-state index contributed by atoms with van der Waals surface area (Å²) in [5.74, 6) is 2.29. The van der Waals surface area contributed by atoms with E-state index in [4.69, 9.17) is 0 Å². The van der Waals surface area contributed by atoms with Gasteiger partial charge in [-0.3, -0.25) is 4.79 Å².